The van der Waals surface area contributed by atoms with Crippen molar-refractivity contribution < 1.29 is 0 Å². The van der Waals surface area contributed by atoms with E-state index in [-0.39, 0.29) is 0 Å². The molecule has 0 aliphatic carbocycles. The highest BCUT2D eigenvalue weighted by atomic mass is 32.2. The average molecular weight is 745 g/mol. The molecule has 2 heteroatoms. The van der Waals surface area contributed by atoms with E-state index in [0.29, 0.717) is 10.5 Å². The summed E-state index contributed by atoms with van der Waals surface area (Å²) < 4.78 is 0. The van der Waals surface area contributed by atoms with E-state index in [1.165, 1.54) is 75.4 Å². The maximum absolute atomic E-state index is 3.59. The smallest absolute Gasteiger partial charge is 0.0411 e. The van der Waals surface area contributed by atoms with Gasteiger partial charge in [0.1, 0.15) is 0 Å². The van der Waals surface area contributed by atoms with E-state index in [1.54, 1.807) is 23.5 Å². The first-order valence-corrected chi connectivity index (χ1v) is 21.6. The zero-order valence-electron chi connectivity index (χ0n) is 34.4. The van der Waals surface area contributed by atoms with Crippen molar-refractivity contribution in [1.29, 1.82) is 0 Å². The summed E-state index contributed by atoms with van der Waals surface area (Å²) in [6, 6.07) is 31.6. The van der Waals surface area contributed by atoms with Crippen LogP contribution in [-0.2, 0) is 0 Å². The third-order valence-corrected chi connectivity index (χ3v) is 12.4. The van der Waals surface area contributed by atoms with E-state index in [0.717, 1.165) is 34.8 Å². The van der Waals surface area contributed by atoms with Gasteiger partial charge in [-0.05, 0) is 122 Å². The highest BCUT2D eigenvalue weighted by Gasteiger charge is 2.21. The Balaban J connectivity index is 0.000000362. The second kappa shape index (κ2) is 16.7. The second-order valence-corrected chi connectivity index (χ2v) is 19.4. The molecule has 0 heterocycles. The molecule has 0 bridgehead atoms. The minimum absolute atomic E-state index is 0.464. The van der Waals surface area contributed by atoms with Gasteiger partial charge in [-0.25, -0.2) is 0 Å². The molecule has 0 aromatic heterocycles. The lowest BCUT2D eigenvalue weighted by atomic mass is 9.82. The minimum Gasteiger partial charge on any atom is -0.0719 e. The van der Waals surface area contributed by atoms with Gasteiger partial charge in [0.05, 0.1) is 0 Å². The van der Waals surface area contributed by atoms with Crippen molar-refractivity contribution in [3.8, 4) is 22.3 Å². The Morgan fingerprint density at radius 2 is 0.685 bits per heavy atom. The second-order valence-electron chi connectivity index (χ2n) is 16.6. The van der Waals surface area contributed by atoms with Crippen molar-refractivity contribution in [1.82, 2.24) is 0 Å². The number of hydrogen-bond acceptors (Lipinski definition) is 2. The fourth-order valence-electron chi connectivity index (χ4n) is 6.70. The summed E-state index contributed by atoms with van der Waals surface area (Å²) >= 11 is 3.39. The maximum atomic E-state index is 3.59. The van der Waals surface area contributed by atoms with E-state index in [1.807, 2.05) is 0 Å². The highest BCUT2D eigenvalue weighted by Crippen LogP contribution is 2.48. The SMILES string of the molecule is CC(C)C(C)C.CC(C)C(C)C.CC(C)SC#Cc1c2ccccc2c2cc3ccc4c(C#CSC(C)C)c5ccccc5c5cc6ccc1c2c6c3c45. The molecule has 0 radical (unpaired) electrons. The topological polar surface area (TPSA) is 0 Å². The van der Waals surface area contributed by atoms with Gasteiger partial charge >= 0.3 is 0 Å². The van der Waals surface area contributed by atoms with E-state index in [4.69, 9.17) is 0 Å². The van der Waals surface area contributed by atoms with Crippen LogP contribution in [0.5, 0.6) is 0 Å². The molecule has 0 aliphatic rings. The van der Waals surface area contributed by atoms with Gasteiger partial charge in [-0.2, -0.15) is 0 Å². The van der Waals surface area contributed by atoms with Crippen molar-refractivity contribution in [3.63, 3.8) is 0 Å². The van der Waals surface area contributed by atoms with Gasteiger partial charge in [0.25, 0.3) is 0 Å². The normalized spacial score (nSPS) is 11.8. The summed E-state index contributed by atoms with van der Waals surface area (Å²) in [6.45, 7) is 26.7. The monoisotopic (exact) mass is 744 g/mol. The predicted octanol–water partition coefficient (Wildman–Crippen LogP) is 16.1. The fraction of sp³-hybridized carbons (Fsp3) is 0.346. The largest absolute Gasteiger partial charge is 0.0719 e. The highest BCUT2D eigenvalue weighted by molar-refractivity contribution is 8.04. The lowest BCUT2D eigenvalue weighted by Crippen LogP contribution is -1.95. The number of rotatable bonds is 4. The Labute approximate surface area is 332 Å². The van der Waals surface area contributed by atoms with Crippen LogP contribution < -0.4 is 0 Å². The molecule has 0 aliphatic heterocycles. The predicted molar refractivity (Wildman–Crippen MR) is 250 cm³/mol. The van der Waals surface area contributed by atoms with Crippen LogP contribution in [-0.4, -0.2) is 10.5 Å². The third-order valence-electron chi connectivity index (χ3n) is 11.0. The van der Waals surface area contributed by atoms with E-state index in [2.05, 4.69) is 190 Å². The molecular weight excluding hydrogens is 689 g/mol. The van der Waals surface area contributed by atoms with Crippen molar-refractivity contribution in [2.75, 3.05) is 0 Å². The van der Waals surface area contributed by atoms with Gasteiger partial charge in [0.2, 0.25) is 0 Å². The number of hydrogen-bond donors (Lipinski definition) is 0. The van der Waals surface area contributed by atoms with E-state index >= 15 is 0 Å². The van der Waals surface area contributed by atoms with Crippen molar-refractivity contribution in [2.24, 2.45) is 23.7 Å². The summed E-state index contributed by atoms with van der Waals surface area (Å²) in [5.41, 5.74) is 2.26. The molecule has 0 unspecified atom stereocenters. The Kier molecular flexibility index (Phi) is 12.3. The Morgan fingerprint density at radius 3 is 1.00 bits per heavy atom. The average Bonchev–Trinajstić information content (AvgIpc) is 3.14. The lowest BCUT2D eigenvalue weighted by Gasteiger charge is -2.21. The molecule has 0 N–H and O–H groups in total. The number of fused-ring (bicyclic) bond motifs is 4. The van der Waals surface area contributed by atoms with Gasteiger partial charge in [0, 0.05) is 21.6 Å². The molecule has 0 fully saturated rings. The molecule has 0 saturated carbocycles. The van der Waals surface area contributed by atoms with Gasteiger partial charge in [-0.15, -0.1) is 0 Å². The van der Waals surface area contributed by atoms with Crippen LogP contribution in [0.4, 0.5) is 0 Å². The first-order valence-electron chi connectivity index (χ1n) is 19.9. The Bertz CT molecular complexity index is 2480. The quantitative estimate of drug-likeness (QED) is 0.1000. The number of thioether (sulfide) groups is 2. The van der Waals surface area contributed by atoms with Gasteiger partial charge in [-0.1, -0.05) is 191 Å². The first kappa shape index (κ1) is 39.6. The van der Waals surface area contributed by atoms with E-state index < -0.39 is 0 Å². The third kappa shape index (κ3) is 7.85. The van der Waals surface area contributed by atoms with Crippen molar-refractivity contribution in [2.45, 2.75) is 93.6 Å². The van der Waals surface area contributed by atoms with Gasteiger partial charge in [0.15, 0.2) is 0 Å². The minimum atomic E-state index is 0.464. The van der Waals surface area contributed by atoms with Crippen LogP contribution in [0.1, 0.15) is 94.2 Å². The lowest BCUT2D eigenvalue weighted by molar-refractivity contribution is 0.457. The van der Waals surface area contributed by atoms with Crippen molar-refractivity contribution >= 4 is 98.9 Å². The van der Waals surface area contributed by atoms with Gasteiger partial charge in [-0.3, -0.25) is 0 Å². The molecule has 0 nitrogen and oxygen atoms in total. The molecule has 8 aromatic carbocycles. The van der Waals surface area contributed by atoms with Gasteiger partial charge < -0.3 is 0 Å². The summed E-state index contributed by atoms with van der Waals surface area (Å²) in [6.07, 6.45) is 0. The molecule has 0 amide bonds. The van der Waals surface area contributed by atoms with E-state index in [9.17, 15) is 0 Å². The summed E-state index contributed by atoms with van der Waals surface area (Å²) in [7, 11) is 0. The first-order chi connectivity index (χ1) is 25.8. The summed E-state index contributed by atoms with van der Waals surface area (Å²) in [4.78, 5) is 0. The number of benzene rings is 8. The summed E-state index contributed by atoms with van der Waals surface area (Å²) in [5, 5.41) is 25.7. The molecule has 0 atom stereocenters. The van der Waals surface area contributed by atoms with Crippen LogP contribution in [0, 0.1) is 46.0 Å². The Morgan fingerprint density at radius 1 is 0.352 bits per heavy atom. The Hall–Kier alpha value is -4.08. The van der Waals surface area contributed by atoms with Crippen LogP contribution in [0.2, 0.25) is 0 Å². The molecule has 0 spiro atoms. The zero-order chi connectivity index (χ0) is 38.8. The van der Waals surface area contributed by atoms with Crippen LogP contribution in [0.15, 0.2) is 84.9 Å². The zero-order valence-corrected chi connectivity index (χ0v) is 36.0. The van der Waals surface area contributed by atoms with Crippen LogP contribution >= 0.6 is 23.5 Å². The van der Waals surface area contributed by atoms with Crippen molar-refractivity contribution in [3.05, 3.63) is 96.1 Å². The standard InChI is InChI=1S/C40H28S2.2C6H14/c1-23(2)41-19-17-31-27-9-5-7-11-29(27)35-21-26-14-16-34-32(18-20-42-24(3)4)28-10-6-8-12-30(28)36-22-25-13-15-33(31)39(35)37(25)38(26)40(34)36;2*1-5(2)6(3)4/h5-16,21-24H,1-4H3;2*5-6H,1-4H3. The molecular formula is C52H56S2. The van der Waals surface area contributed by atoms with Crippen LogP contribution in [0.3, 0.4) is 0 Å². The maximum Gasteiger partial charge on any atom is 0.0411 e. The molecule has 0 saturated heterocycles. The summed E-state index contributed by atoms with van der Waals surface area (Å²) in [5.74, 6) is 10.6. The fourth-order valence-corrected chi connectivity index (χ4v) is 7.49. The molecule has 276 valence electrons. The van der Waals surface area contributed by atoms with Crippen LogP contribution in [0.25, 0.3) is 75.4 Å². The molecule has 8 aromatic rings. The molecule has 8 rings (SSSR count). The molecule has 54 heavy (non-hydrogen) atoms.